The number of alkyl carbamates (subject to hydrolysis) is 1. The zero-order valence-corrected chi connectivity index (χ0v) is 13.2. The van der Waals surface area contributed by atoms with E-state index in [9.17, 15) is 14.7 Å². The van der Waals surface area contributed by atoms with E-state index in [1.807, 2.05) is 13.8 Å². The first-order valence-corrected chi connectivity index (χ1v) is 6.92. The van der Waals surface area contributed by atoms with Gasteiger partial charge in [0.2, 0.25) is 5.91 Å². The molecule has 0 bridgehead atoms. The van der Waals surface area contributed by atoms with Crippen molar-refractivity contribution >= 4 is 12.0 Å². The molecule has 1 aliphatic heterocycles. The second-order valence-corrected chi connectivity index (χ2v) is 7.06. The molecule has 2 N–H and O–H groups in total. The van der Waals surface area contributed by atoms with Gasteiger partial charge < -0.3 is 20.1 Å². The lowest BCUT2D eigenvalue weighted by Gasteiger charge is -2.45. The molecule has 6 nitrogen and oxygen atoms in total. The van der Waals surface area contributed by atoms with Crippen LogP contribution in [0.1, 0.15) is 41.5 Å². The Morgan fingerprint density at radius 3 is 2.15 bits per heavy atom. The summed E-state index contributed by atoms with van der Waals surface area (Å²) in [4.78, 5) is 25.6. The van der Waals surface area contributed by atoms with E-state index in [1.54, 1.807) is 32.6 Å². The summed E-state index contributed by atoms with van der Waals surface area (Å²) >= 11 is 0. The monoisotopic (exact) mass is 286 g/mol. The average molecular weight is 286 g/mol. The van der Waals surface area contributed by atoms with Crippen LogP contribution in [0.25, 0.3) is 0 Å². The third-order valence-electron chi connectivity index (χ3n) is 2.98. The maximum absolute atomic E-state index is 12.3. The van der Waals surface area contributed by atoms with E-state index >= 15 is 0 Å². The van der Waals surface area contributed by atoms with Gasteiger partial charge in [0.15, 0.2) is 0 Å². The van der Waals surface area contributed by atoms with Crippen molar-refractivity contribution in [3.8, 4) is 0 Å². The van der Waals surface area contributed by atoms with Crippen molar-refractivity contribution in [3.63, 3.8) is 0 Å². The van der Waals surface area contributed by atoms with Crippen molar-refractivity contribution in [1.82, 2.24) is 10.2 Å². The first-order valence-electron chi connectivity index (χ1n) is 6.92. The van der Waals surface area contributed by atoms with E-state index in [4.69, 9.17) is 4.74 Å². The second kappa shape index (κ2) is 5.60. The largest absolute Gasteiger partial charge is 0.444 e. The lowest BCUT2D eigenvalue weighted by molar-refractivity contribution is -0.155. The summed E-state index contributed by atoms with van der Waals surface area (Å²) in [7, 11) is 0. The molecule has 116 valence electrons. The van der Waals surface area contributed by atoms with Crippen molar-refractivity contribution < 1.29 is 19.4 Å². The number of carbonyl (C=O) groups is 2. The van der Waals surface area contributed by atoms with Gasteiger partial charge in [-0.1, -0.05) is 13.8 Å². The third kappa shape index (κ3) is 4.67. The number of likely N-dealkylation sites (tertiary alicyclic amines) is 1. The molecule has 0 aromatic rings. The van der Waals surface area contributed by atoms with E-state index in [1.165, 1.54) is 0 Å². The van der Waals surface area contributed by atoms with Gasteiger partial charge >= 0.3 is 6.09 Å². The van der Waals surface area contributed by atoms with Crippen LogP contribution in [0, 0.1) is 5.92 Å². The summed E-state index contributed by atoms with van der Waals surface area (Å²) in [6.45, 7) is 11.3. The van der Waals surface area contributed by atoms with Gasteiger partial charge in [-0.2, -0.15) is 0 Å². The molecule has 1 rings (SSSR count). The van der Waals surface area contributed by atoms with E-state index in [2.05, 4.69) is 5.32 Å². The lowest BCUT2D eigenvalue weighted by atomic mass is 9.93. The molecule has 1 heterocycles. The molecule has 0 saturated carbocycles. The first-order chi connectivity index (χ1) is 8.91. The fourth-order valence-electron chi connectivity index (χ4n) is 2.08. The van der Waals surface area contributed by atoms with Crippen molar-refractivity contribution in [2.75, 3.05) is 13.1 Å². The summed E-state index contributed by atoms with van der Waals surface area (Å²) in [6.07, 6.45) is -0.600. The quantitative estimate of drug-likeness (QED) is 0.815. The molecule has 0 aliphatic carbocycles. The van der Waals surface area contributed by atoms with E-state index in [0.29, 0.717) is 13.1 Å². The van der Waals surface area contributed by atoms with Gasteiger partial charge in [-0.15, -0.1) is 0 Å². The summed E-state index contributed by atoms with van der Waals surface area (Å²) in [5.74, 6) is -0.238. The molecule has 0 spiro atoms. The fraction of sp³-hybridized carbons (Fsp3) is 0.857. The van der Waals surface area contributed by atoms with Crippen LogP contribution in [0.4, 0.5) is 4.79 Å². The fourth-order valence-corrected chi connectivity index (χ4v) is 2.08. The second-order valence-electron chi connectivity index (χ2n) is 7.06. The van der Waals surface area contributed by atoms with Crippen LogP contribution in [-0.4, -0.2) is 52.3 Å². The number of nitrogens with one attached hydrogen (secondary N) is 1. The smallest absolute Gasteiger partial charge is 0.408 e. The highest BCUT2D eigenvalue weighted by atomic mass is 16.6. The molecule has 2 amide bonds. The molecule has 0 aromatic heterocycles. The third-order valence-corrected chi connectivity index (χ3v) is 2.98. The topological polar surface area (TPSA) is 78.9 Å². The molecule has 20 heavy (non-hydrogen) atoms. The summed E-state index contributed by atoms with van der Waals surface area (Å²) in [5, 5.41) is 12.3. The van der Waals surface area contributed by atoms with Gasteiger partial charge in [-0.05, 0) is 33.6 Å². The maximum Gasteiger partial charge on any atom is 0.408 e. The van der Waals surface area contributed by atoms with Crippen LogP contribution >= 0.6 is 0 Å². The SMILES string of the molecule is CC(C)C(NC(=O)OC(C)(C)C)C(=O)N1CC(C)(O)C1. The highest BCUT2D eigenvalue weighted by molar-refractivity contribution is 5.86. The Kier molecular flexibility index (Phi) is 4.69. The van der Waals surface area contributed by atoms with Crippen LogP contribution in [0.15, 0.2) is 0 Å². The number of β-amino-alcohol motifs (C(OH)–C–C–N with tert-alkyl or cyclic N) is 1. The van der Waals surface area contributed by atoms with Gasteiger partial charge in [0.1, 0.15) is 11.6 Å². The molecule has 1 aliphatic rings. The molecule has 0 radical (unpaired) electrons. The van der Waals surface area contributed by atoms with Gasteiger partial charge in [-0.3, -0.25) is 4.79 Å². The summed E-state index contributed by atoms with van der Waals surface area (Å²) in [6, 6.07) is -0.638. The molecular formula is C14H26N2O4. The van der Waals surface area contributed by atoms with Crippen LogP contribution in [0.5, 0.6) is 0 Å². The Morgan fingerprint density at radius 1 is 1.30 bits per heavy atom. The number of amides is 2. The van der Waals surface area contributed by atoms with Gasteiger partial charge in [0, 0.05) is 0 Å². The van der Waals surface area contributed by atoms with E-state index in [0.717, 1.165) is 0 Å². The van der Waals surface area contributed by atoms with Crippen molar-refractivity contribution in [2.24, 2.45) is 5.92 Å². The maximum atomic E-state index is 12.3. The van der Waals surface area contributed by atoms with Crippen molar-refractivity contribution in [3.05, 3.63) is 0 Å². The van der Waals surface area contributed by atoms with Crippen LogP contribution in [0.3, 0.4) is 0 Å². The van der Waals surface area contributed by atoms with E-state index in [-0.39, 0.29) is 11.8 Å². The number of nitrogens with zero attached hydrogens (tertiary/aromatic N) is 1. The van der Waals surface area contributed by atoms with Gasteiger partial charge in [0.05, 0.1) is 18.7 Å². The summed E-state index contributed by atoms with van der Waals surface area (Å²) in [5.41, 5.74) is -1.42. The molecule has 0 aromatic carbocycles. The number of carbonyl (C=O) groups excluding carboxylic acids is 2. The first kappa shape index (κ1) is 16.8. The summed E-state index contributed by atoms with van der Waals surface area (Å²) < 4.78 is 5.17. The Morgan fingerprint density at radius 2 is 1.80 bits per heavy atom. The van der Waals surface area contributed by atoms with E-state index < -0.39 is 23.3 Å². The Labute approximate surface area is 120 Å². The minimum atomic E-state index is -0.816. The molecule has 6 heteroatoms. The average Bonchev–Trinajstić information content (AvgIpc) is 2.18. The number of hydrogen-bond donors (Lipinski definition) is 2. The molecule has 1 saturated heterocycles. The zero-order chi connectivity index (χ0) is 15.7. The molecule has 1 unspecified atom stereocenters. The number of ether oxygens (including phenoxy) is 1. The normalized spacial score (nSPS) is 19.3. The van der Waals surface area contributed by atoms with Gasteiger partial charge in [0.25, 0.3) is 0 Å². The number of aliphatic hydroxyl groups is 1. The lowest BCUT2D eigenvalue weighted by Crippen LogP contribution is -2.65. The Hall–Kier alpha value is -1.30. The van der Waals surface area contributed by atoms with Gasteiger partial charge in [-0.25, -0.2) is 4.79 Å². The molecule has 1 atom stereocenters. The Bertz CT molecular complexity index is 377. The predicted octanol–water partition coefficient (Wildman–Crippen LogP) is 1.13. The minimum Gasteiger partial charge on any atom is -0.444 e. The zero-order valence-electron chi connectivity index (χ0n) is 13.2. The Balaban J connectivity index is 2.61. The standard InChI is InChI=1S/C14H26N2O4/c1-9(2)10(15-12(18)20-13(3,4)5)11(17)16-7-14(6,19)8-16/h9-10,19H,7-8H2,1-6H3,(H,15,18). The predicted molar refractivity (Wildman–Crippen MR) is 75.2 cm³/mol. The minimum absolute atomic E-state index is 0.0550. The van der Waals surface area contributed by atoms with Crippen LogP contribution in [0.2, 0.25) is 0 Å². The van der Waals surface area contributed by atoms with Crippen molar-refractivity contribution in [1.29, 1.82) is 0 Å². The highest BCUT2D eigenvalue weighted by Crippen LogP contribution is 2.22. The number of hydrogen-bond acceptors (Lipinski definition) is 4. The highest BCUT2D eigenvalue weighted by Gasteiger charge is 2.42. The molecule has 1 fully saturated rings. The number of rotatable bonds is 3. The van der Waals surface area contributed by atoms with Crippen LogP contribution < -0.4 is 5.32 Å². The van der Waals surface area contributed by atoms with Crippen LogP contribution in [-0.2, 0) is 9.53 Å². The molecular weight excluding hydrogens is 260 g/mol. The van der Waals surface area contributed by atoms with Crippen molar-refractivity contribution in [2.45, 2.75) is 58.8 Å².